The summed E-state index contributed by atoms with van der Waals surface area (Å²) in [4.78, 5) is 11.5. The highest BCUT2D eigenvalue weighted by atomic mass is 32.2. The van der Waals surface area contributed by atoms with Gasteiger partial charge in [0.1, 0.15) is 0 Å². The molecule has 0 spiro atoms. The van der Waals surface area contributed by atoms with Gasteiger partial charge in [-0.05, 0) is 35.6 Å². The quantitative estimate of drug-likeness (QED) is 0.276. The molecule has 0 amide bonds. The Morgan fingerprint density at radius 2 is 2.00 bits per heavy atom. The van der Waals surface area contributed by atoms with E-state index in [1.807, 2.05) is 30.5 Å². The molecule has 21 heavy (non-hydrogen) atoms. The second-order valence-corrected chi connectivity index (χ2v) is 5.13. The van der Waals surface area contributed by atoms with Crippen molar-refractivity contribution in [2.24, 2.45) is 0 Å². The molecule has 0 aromatic heterocycles. The largest absolute Gasteiger partial charge is 0.270 e. The molecule has 5 heteroatoms. The van der Waals surface area contributed by atoms with Gasteiger partial charge in [0.25, 0.3) is 5.69 Å². The van der Waals surface area contributed by atoms with Crippen molar-refractivity contribution >= 4 is 29.1 Å². The van der Waals surface area contributed by atoms with Gasteiger partial charge >= 0.3 is 0 Å². The fourth-order valence-electron chi connectivity index (χ4n) is 1.83. The molecule has 0 radical (unpaired) electrons. The number of nitro benzene ring substituents is 1. The van der Waals surface area contributed by atoms with Gasteiger partial charge in [0.15, 0.2) is 0 Å². The fraction of sp³-hybridized carbons (Fsp3) is 0.0625. The summed E-state index contributed by atoms with van der Waals surface area (Å²) in [5, 5.41) is 20.1. The van der Waals surface area contributed by atoms with Gasteiger partial charge in [-0.2, -0.15) is 5.26 Å². The number of non-ortho nitro benzene ring substituents is 1. The van der Waals surface area contributed by atoms with Crippen LogP contribution in [0, 0.1) is 21.4 Å². The third kappa shape index (κ3) is 3.71. The maximum absolute atomic E-state index is 10.8. The maximum Gasteiger partial charge on any atom is 0.270 e. The smallest absolute Gasteiger partial charge is 0.258 e. The Morgan fingerprint density at radius 3 is 2.57 bits per heavy atom. The Labute approximate surface area is 126 Å². The Balaban J connectivity index is 2.38. The number of hydrogen-bond acceptors (Lipinski definition) is 4. The van der Waals surface area contributed by atoms with Crippen molar-refractivity contribution in [2.45, 2.75) is 4.90 Å². The van der Waals surface area contributed by atoms with Gasteiger partial charge in [-0.15, -0.1) is 11.8 Å². The van der Waals surface area contributed by atoms with Crippen molar-refractivity contribution in [1.82, 2.24) is 0 Å². The van der Waals surface area contributed by atoms with Crippen molar-refractivity contribution in [3.63, 3.8) is 0 Å². The van der Waals surface area contributed by atoms with Crippen LogP contribution < -0.4 is 0 Å². The number of rotatable bonds is 4. The highest BCUT2D eigenvalue weighted by molar-refractivity contribution is 7.98. The highest BCUT2D eigenvalue weighted by Crippen LogP contribution is 2.23. The first kappa shape index (κ1) is 14.8. The number of benzene rings is 2. The minimum atomic E-state index is -0.467. The molecule has 0 heterocycles. The average molecular weight is 296 g/mol. The van der Waals surface area contributed by atoms with Crippen LogP contribution in [0.1, 0.15) is 11.1 Å². The Kier molecular flexibility index (Phi) is 4.75. The van der Waals surface area contributed by atoms with Crippen LogP contribution in [-0.2, 0) is 0 Å². The lowest BCUT2D eigenvalue weighted by Crippen LogP contribution is -1.89. The lowest BCUT2D eigenvalue weighted by Gasteiger charge is -2.01. The number of nitrogens with zero attached hydrogens (tertiary/aromatic N) is 2. The summed E-state index contributed by atoms with van der Waals surface area (Å²) in [6, 6.07) is 16.0. The molecule has 0 unspecified atom stereocenters. The van der Waals surface area contributed by atoms with Crippen molar-refractivity contribution in [3.8, 4) is 6.07 Å². The zero-order valence-corrected chi connectivity index (χ0v) is 12.1. The second kappa shape index (κ2) is 6.73. The van der Waals surface area contributed by atoms with Crippen LogP contribution in [0.15, 0.2) is 53.4 Å². The number of hydrogen-bond donors (Lipinski definition) is 0. The van der Waals surface area contributed by atoms with E-state index in [4.69, 9.17) is 0 Å². The SMILES string of the molecule is CSc1ccc(C=C(C#N)c2cccc([N+](=O)[O-])c2)cc1. The first-order valence-electron chi connectivity index (χ1n) is 6.14. The number of nitriles is 1. The zero-order chi connectivity index (χ0) is 15.2. The van der Waals surface area contributed by atoms with Gasteiger partial charge < -0.3 is 0 Å². The van der Waals surface area contributed by atoms with E-state index in [1.54, 1.807) is 30.0 Å². The van der Waals surface area contributed by atoms with E-state index < -0.39 is 4.92 Å². The van der Waals surface area contributed by atoms with Gasteiger partial charge in [-0.25, -0.2) is 0 Å². The molecule has 0 N–H and O–H groups in total. The Morgan fingerprint density at radius 1 is 1.29 bits per heavy atom. The van der Waals surface area contributed by atoms with E-state index in [-0.39, 0.29) is 5.69 Å². The van der Waals surface area contributed by atoms with E-state index in [2.05, 4.69) is 6.07 Å². The average Bonchev–Trinajstić information content (AvgIpc) is 2.53. The molecule has 4 nitrogen and oxygen atoms in total. The predicted octanol–water partition coefficient (Wildman–Crippen LogP) is 4.38. The van der Waals surface area contributed by atoms with Crippen molar-refractivity contribution < 1.29 is 4.92 Å². The van der Waals surface area contributed by atoms with Crippen LogP contribution in [-0.4, -0.2) is 11.2 Å². The van der Waals surface area contributed by atoms with Gasteiger partial charge in [0.05, 0.1) is 16.6 Å². The van der Waals surface area contributed by atoms with Gasteiger partial charge in [0.2, 0.25) is 0 Å². The van der Waals surface area contributed by atoms with Crippen LogP contribution in [0.3, 0.4) is 0 Å². The molecule has 0 aliphatic rings. The minimum absolute atomic E-state index is 0.0219. The molecule has 0 aliphatic heterocycles. The van der Waals surface area contributed by atoms with E-state index in [0.29, 0.717) is 11.1 Å². The maximum atomic E-state index is 10.8. The van der Waals surface area contributed by atoms with Gasteiger partial charge in [0, 0.05) is 17.0 Å². The molecular weight excluding hydrogens is 284 g/mol. The fourth-order valence-corrected chi connectivity index (χ4v) is 2.24. The van der Waals surface area contributed by atoms with Crippen LogP contribution in [0.5, 0.6) is 0 Å². The second-order valence-electron chi connectivity index (χ2n) is 4.25. The molecule has 2 aromatic rings. The molecule has 0 saturated carbocycles. The standard InChI is InChI=1S/C16H12N2O2S/c1-21-16-7-5-12(6-8-16)9-14(11-17)13-3-2-4-15(10-13)18(19)20/h2-10H,1H3. The number of nitro groups is 1. The van der Waals surface area contributed by atoms with Crippen molar-refractivity contribution in [2.75, 3.05) is 6.26 Å². The van der Waals surface area contributed by atoms with Crippen LogP contribution in [0.2, 0.25) is 0 Å². The third-order valence-electron chi connectivity index (χ3n) is 2.92. The van der Waals surface area contributed by atoms with Gasteiger partial charge in [-0.3, -0.25) is 10.1 Å². The van der Waals surface area contributed by atoms with E-state index in [9.17, 15) is 15.4 Å². The molecule has 2 rings (SSSR count). The first-order valence-corrected chi connectivity index (χ1v) is 7.37. The van der Waals surface area contributed by atoms with Crippen LogP contribution in [0.4, 0.5) is 5.69 Å². The zero-order valence-electron chi connectivity index (χ0n) is 11.3. The third-order valence-corrected chi connectivity index (χ3v) is 3.66. The summed E-state index contributed by atoms with van der Waals surface area (Å²) < 4.78 is 0. The molecule has 0 aliphatic carbocycles. The summed E-state index contributed by atoms with van der Waals surface area (Å²) in [6.45, 7) is 0. The molecule has 2 aromatic carbocycles. The Hall–Kier alpha value is -2.58. The lowest BCUT2D eigenvalue weighted by molar-refractivity contribution is -0.384. The molecular formula is C16H12N2O2S. The topological polar surface area (TPSA) is 66.9 Å². The lowest BCUT2D eigenvalue weighted by atomic mass is 10.0. The van der Waals surface area contributed by atoms with Crippen molar-refractivity contribution in [3.05, 3.63) is 69.8 Å². The molecule has 0 saturated heterocycles. The van der Waals surface area contributed by atoms with E-state index in [1.165, 1.54) is 12.1 Å². The minimum Gasteiger partial charge on any atom is -0.258 e. The van der Waals surface area contributed by atoms with Crippen molar-refractivity contribution in [1.29, 1.82) is 5.26 Å². The summed E-state index contributed by atoms with van der Waals surface area (Å²) in [6.07, 6.45) is 3.72. The molecule has 104 valence electrons. The summed E-state index contributed by atoms with van der Waals surface area (Å²) in [5.41, 5.74) is 1.80. The summed E-state index contributed by atoms with van der Waals surface area (Å²) >= 11 is 1.64. The van der Waals surface area contributed by atoms with Crippen LogP contribution >= 0.6 is 11.8 Å². The Bertz CT molecular complexity index is 731. The number of allylic oxidation sites excluding steroid dienone is 1. The monoisotopic (exact) mass is 296 g/mol. The first-order chi connectivity index (χ1) is 10.1. The van der Waals surface area contributed by atoms with E-state index in [0.717, 1.165) is 10.5 Å². The predicted molar refractivity (Wildman–Crippen MR) is 84.8 cm³/mol. The van der Waals surface area contributed by atoms with Gasteiger partial charge in [-0.1, -0.05) is 24.3 Å². The summed E-state index contributed by atoms with van der Waals surface area (Å²) in [5.74, 6) is 0. The van der Waals surface area contributed by atoms with E-state index >= 15 is 0 Å². The summed E-state index contributed by atoms with van der Waals surface area (Å²) in [7, 11) is 0. The number of thioether (sulfide) groups is 1. The molecule has 0 atom stereocenters. The normalized spacial score (nSPS) is 11.0. The molecule has 0 fully saturated rings. The highest BCUT2D eigenvalue weighted by Gasteiger charge is 2.08. The van der Waals surface area contributed by atoms with Crippen LogP contribution in [0.25, 0.3) is 11.6 Å². The molecule has 0 bridgehead atoms.